The maximum absolute atomic E-state index is 13.0. The van der Waals surface area contributed by atoms with Gasteiger partial charge in [0.2, 0.25) is 5.91 Å². The summed E-state index contributed by atoms with van der Waals surface area (Å²) in [5.41, 5.74) is 2.13. The second-order valence-electron chi connectivity index (χ2n) is 6.79. The molecular weight excluding hydrogens is 388 g/mol. The molecule has 2 aromatic heterocycles. The molecule has 4 nitrogen and oxygen atoms in total. The number of hydrogen-bond acceptors (Lipinski definition) is 4. The molecule has 1 aromatic carbocycles. The molecule has 6 heteroatoms. The first kappa shape index (κ1) is 20.3. The van der Waals surface area contributed by atoms with Crippen LogP contribution in [0.25, 0.3) is 0 Å². The van der Waals surface area contributed by atoms with Gasteiger partial charge in [0.05, 0.1) is 10.9 Å². The van der Waals surface area contributed by atoms with Gasteiger partial charge in [-0.2, -0.15) is 0 Å². The van der Waals surface area contributed by atoms with Crippen LogP contribution in [0.2, 0.25) is 0 Å². The van der Waals surface area contributed by atoms with Gasteiger partial charge in [-0.3, -0.25) is 9.59 Å². The lowest BCUT2D eigenvalue weighted by Gasteiger charge is -2.21. The molecule has 0 saturated carbocycles. The Morgan fingerprint density at radius 1 is 1.04 bits per heavy atom. The summed E-state index contributed by atoms with van der Waals surface area (Å²) >= 11 is 3.09. The molecule has 2 N–H and O–H groups in total. The number of carbonyl (C=O) groups is 2. The van der Waals surface area contributed by atoms with E-state index in [4.69, 9.17) is 0 Å². The van der Waals surface area contributed by atoms with Gasteiger partial charge in [-0.05, 0) is 49.4 Å². The fourth-order valence-corrected chi connectivity index (χ4v) is 4.82. The maximum Gasteiger partial charge on any atom is 0.262 e. The Labute approximate surface area is 173 Å². The Balaban J connectivity index is 1.75. The highest BCUT2D eigenvalue weighted by Gasteiger charge is 2.24. The Bertz CT molecular complexity index is 933. The maximum atomic E-state index is 13.0. The summed E-state index contributed by atoms with van der Waals surface area (Å²) in [6.45, 7) is 6.11. The average Bonchev–Trinajstić information content (AvgIpc) is 3.31. The standard InChI is InChI=1S/C22H24N2O2S2/c1-14-12-18(16(3)28-14)15(2)23-21(25)19(13-17-8-5-4-6-9-17)24-22(26)20-10-7-11-27-20/h4-12,15,19H,13H2,1-3H3,(H,23,25)(H,24,26). The van der Waals surface area contributed by atoms with E-state index in [2.05, 4.69) is 30.5 Å². The van der Waals surface area contributed by atoms with Crippen LogP contribution in [0.1, 0.15) is 43.5 Å². The minimum atomic E-state index is -0.639. The summed E-state index contributed by atoms with van der Waals surface area (Å²) in [5, 5.41) is 7.84. The van der Waals surface area contributed by atoms with Crippen LogP contribution in [0.4, 0.5) is 0 Å². The van der Waals surface area contributed by atoms with Gasteiger partial charge in [0, 0.05) is 16.2 Å². The zero-order valence-electron chi connectivity index (χ0n) is 16.2. The summed E-state index contributed by atoms with van der Waals surface area (Å²) in [7, 11) is 0. The topological polar surface area (TPSA) is 58.2 Å². The van der Waals surface area contributed by atoms with Crippen LogP contribution in [0, 0.1) is 13.8 Å². The predicted molar refractivity (Wildman–Crippen MR) is 116 cm³/mol. The molecule has 28 heavy (non-hydrogen) atoms. The van der Waals surface area contributed by atoms with Crippen LogP contribution in [0.5, 0.6) is 0 Å². The van der Waals surface area contributed by atoms with Crippen molar-refractivity contribution in [2.24, 2.45) is 0 Å². The quantitative estimate of drug-likeness (QED) is 0.594. The first-order valence-corrected chi connectivity index (χ1v) is 10.9. The van der Waals surface area contributed by atoms with E-state index in [9.17, 15) is 9.59 Å². The van der Waals surface area contributed by atoms with Gasteiger partial charge in [0.15, 0.2) is 0 Å². The van der Waals surface area contributed by atoms with Crippen LogP contribution < -0.4 is 10.6 Å². The molecule has 2 atom stereocenters. The van der Waals surface area contributed by atoms with E-state index >= 15 is 0 Å². The van der Waals surface area contributed by atoms with Crippen LogP contribution in [0.15, 0.2) is 53.9 Å². The number of rotatable bonds is 7. The van der Waals surface area contributed by atoms with Crippen molar-refractivity contribution in [1.82, 2.24) is 10.6 Å². The highest BCUT2D eigenvalue weighted by Crippen LogP contribution is 2.26. The van der Waals surface area contributed by atoms with Crippen molar-refractivity contribution in [2.45, 2.75) is 39.3 Å². The van der Waals surface area contributed by atoms with Crippen LogP contribution in [-0.2, 0) is 11.2 Å². The van der Waals surface area contributed by atoms with Gasteiger partial charge in [-0.25, -0.2) is 0 Å². The number of nitrogens with one attached hydrogen (secondary N) is 2. The van der Waals surface area contributed by atoms with Crippen molar-refractivity contribution in [1.29, 1.82) is 0 Å². The van der Waals surface area contributed by atoms with Crippen molar-refractivity contribution in [3.05, 3.63) is 79.7 Å². The summed E-state index contributed by atoms with van der Waals surface area (Å²) in [6, 6.07) is 14.7. The number of aryl methyl sites for hydroxylation is 2. The van der Waals surface area contributed by atoms with Gasteiger partial charge in [0.1, 0.15) is 6.04 Å². The molecule has 0 aliphatic rings. The Morgan fingerprint density at radius 2 is 1.79 bits per heavy atom. The zero-order valence-corrected chi connectivity index (χ0v) is 17.8. The van der Waals surface area contributed by atoms with E-state index in [0.29, 0.717) is 11.3 Å². The fourth-order valence-electron chi connectivity index (χ4n) is 3.17. The summed E-state index contributed by atoms with van der Waals surface area (Å²) in [6.07, 6.45) is 0.443. The molecule has 0 spiro atoms. The minimum absolute atomic E-state index is 0.116. The van der Waals surface area contributed by atoms with Crippen LogP contribution in [0.3, 0.4) is 0 Å². The van der Waals surface area contributed by atoms with E-state index < -0.39 is 6.04 Å². The number of thiophene rings is 2. The normalized spacial score (nSPS) is 13.0. The third kappa shape index (κ3) is 5.09. The van der Waals surface area contributed by atoms with E-state index in [0.717, 1.165) is 11.1 Å². The van der Waals surface area contributed by atoms with Crippen molar-refractivity contribution in [3.8, 4) is 0 Å². The molecule has 0 aliphatic heterocycles. The number of benzene rings is 1. The summed E-state index contributed by atoms with van der Waals surface area (Å²) < 4.78 is 0. The van der Waals surface area contributed by atoms with Gasteiger partial charge in [-0.1, -0.05) is 36.4 Å². The Hall–Kier alpha value is -2.44. The van der Waals surface area contributed by atoms with E-state index in [1.165, 1.54) is 21.1 Å². The van der Waals surface area contributed by atoms with E-state index in [1.54, 1.807) is 17.4 Å². The molecule has 3 rings (SSSR count). The summed E-state index contributed by atoms with van der Waals surface area (Å²) in [4.78, 5) is 28.6. The first-order chi connectivity index (χ1) is 13.4. The Morgan fingerprint density at radius 3 is 2.39 bits per heavy atom. The lowest BCUT2D eigenvalue weighted by atomic mass is 10.0. The van der Waals surface area contributed by atoms with Crippen molar-refractivity contribution < 1.29 is 9.59 Å². The number of amides is 2. The predicted octanol–water partition coefficient (Wildman–Crippen LogP) is 4.64. The third-order valence-electron chi connectivity index (χ3n) is 4.55. The molecule has 146 valence electrons. The lowest BCUT2D eigenvalue weighted by molar-refractivity contribution is -0.123. The molecule has 2 amide bonds. The zero-order chi connectivity index (χ0) is 20.1. The largest absolute Gasteiger partial charge is 0.348 e. The van der Waals surface area contributed by atoms with Crippen LogP contribution >= 0.6 is 22.7 Å². The van der Waals surface area contributed by atoms with Crippen molar-refractivity contribution >= 4 is 34.5 Å². The SMILES string of the molecule is Cc1cc(C(C)NC(=O)C(Cc2ccccc2)NC(=O)c2cccs2)c(C)s1. The molecule has 0 bridgehead atoms. The average molecular weight is 413 g/mol. The summed E-state index contributed by atoms with van der Waals surface area (Å²) in [5.74, 6) is -0.397. The molecule has 0 aliphatic carbocycles. The molecule has 2 heterocycles. The molecule has 0 saturated heterocycles. The van der Waals surface area contributed by atoms with Gasteiger partial charge >= 0.3 is 0 Å². The number of carbonyl (C=O) groups excluding carboxylic acids is 2. The second kappa shape index (κ2) is 9.17. The Kier molecular flexibility index (Phi) is 6.65. The van der Waals surface area contributed by atoms with Crippen molar-refractivity contribution in [2.75, 3.05) is 0 Å². The van der Waals surface area contributed by atoms with Gasteiger partial charge in [0.25, 0.3) is 5.91 Å². The molecular formula is C22H24N2O2S2. The van der Waals surface area contributed by atoms with Crippen molar-refractivity contribution in [3.63, 3.8) is 0 Å². The molecule has 0 radical (unpaired) electrons. The molecule has 3 aromatic rings. The van der Waals surface area contributed by atoms with Gasteiger partial charge in [-0.15, -0.1) is 22.7 Å². The molecule has 2 unspecified atom stereocenters. The highest BCUT2D eigenvalue weighted by molar-refractivity contribution is 7.12. The highest BCUT2D eigenvalue weighted by atomic mass is 32.1. The monoisotopic (exact) mass is 412 g/mol. The fraction of sp³-hybridized carbons (Fsp3) is 0.273. The molecule has 0 fully saturated rings. The van der Waals surface area contributed by atoms with Crippen LogP contribution in [-0.4, -0.2) is 17.9 Å². The van der Waals surface area contributed by atoms with E-state index in [1.807, 2.05) is 48.7 Å². The second-order valence-corrected chi connectivity index (χ2v) is 9.20. The first-order valence-electron chi connectivity index (χ1n) is 9.19. The number of hydrogen-bond donors (Lipinski definition) is 2. The lowest BCUT2D eigenvalue weighted by Crippen LogP contribution is -2.48. The smallest absolute Gasteiger partial charge is 0.262 e. The minimum Gasteiger partial charge on any atom is -0.348 e. The third-order valence-corrected chi connectivity index (χ3v) is 6.40. The van der Waals surface area contributed by atoms with E-state index in [-0.39, 0.29) is 17.9 Å². The van der Waals surface area contributed by atoms with Gasteiger partial charge < -0.3 is 10.6 Å².